The maximum absolute atomic E-state index is 13.2. The van der Waals surface area contributed by atoms with E-state index >= 15 is 0 Å². The van der Waals surface area contributed by atoms with Crippen LogP contribution in [0.2, 0.25) is 0 Å². The number of aromatic carboxylic acids is 1. The van der Waals surface area contributed by atoms with Crippen molar-refractivity contribution in [2.24, 2.45) is 0 Å². The summed E-state index contributed by atoms with van der Waals surface area (Å²) in [6.07, 6.45) is -3.81. The molecule has 1 heterocycles. The lowest BCUT2D eigenvalue weighted by Crippen LogP contribution is -2.08. The standard InChI is InChI=1S/C10H5F4NO2/c11-10(12,13)6-3-5-1-2-15(14)8(5)7(4-6)9(16)17/h1-4H,(H,16,17). The second kappa shape index (κ2) is 3.47. The highest BCUT2D eigenvalue weighted by Crippen LogP contribution is 2.33. The molecule has 0 radical (unpaired) electrons. The van der Waals surface area contributed by atoms with Crippen LogP contribution in [-0.2, 0) is 6.18 Å². The normalized spacial score (nSPS) is 12.0. The lowest BCUT2D eigenvalue weighted by atomic mass is 10.1. The molecular formula is C10H5F4NO2. The van der Waals surface area contributed by atoms with Crippen molar-refractivity contribution in [2.75, 3.05) is 0 Å². The topological polar surface area (TPSA) is 42.2 Å². The van der Waals surface area contributed by atoms with Crippen LogP contribution in [0.5, 0.6) is 0 Å². The zero-order chi connectivity index (χ0) is 12.8. The van der Waals surface area contributed by atoms with E-state index in [1.807, 2.05) is 0 Å². The Hall–Kier alpha value is -2.05. The van der Waals surface area contributed by atoms with Crippen molar-refractivity contribution in [2.45, 2.75) is 6.18 Å². The predicted molar refractivity (Wildman–Crippen MR) is 50.4 cm³/mol. The summed E-state index contributed by atoms with van der Waals surface area (Å²) in [7, 11) is 0. The summed E-state index contributed by atoms with van der Waals surface area (Å²) in [4.78, 5) is 10.8. The van der Waals surface area contributed by atoms with E-state index in [1.165, 1.54) is 0 Å². The van der Waals surface area contributed by atoms with Crippen LogP contribution in [0.4, 0.5) is 17.7 Å². The van der Waals surface area contributed by atoms with Crippen molar-refractivity contribution < 1.29 is 27.6 Å². The summed E-state index contributed by atoms with van der Waals surface area (Å²) in [6.45, 7) is 0. The van der Waals surface area contributed by atoms with Gasteiger partial charge in [0.2, 0.25) is 0 Å². The molecule has 0 saturated carbocycles. The molecule has 0 spiro atoms. The van der Waals surface area contributed by atoms with Crippen LogP contribution in [0.15, 0.2) is 24.4 Å². The first kappa shape index (κ1) is 11.4. The summed E-state index contributed by atoms with van der Waals surface area (Å²) in [5, 5.41) is 8.66. The smallest absolute Gasteiger partial charge is 0.416 e. The van der Waals surface area contributed by atoms with Gasteiger partial charge in [0.25, 0.3) is 0 Å². The van der Waals surface area contributed by atoms with Crippen molar-refractivity contribution in [3.05, 3.63) is 35.5 Å². The Bertz CT molecular complexity index is 600. The Morgan fingerprint density at radius 3 is 2.47 bits per heavy atom. The molecular weight excluding hydrogens is 242 g/mol. The second-order valence-corrected chi connectivity index (χ2v) is 3.39. The molecule has 90 valence electrons. The van der Waals surface area contributed by atoms with Gasteiger partial charge in [-0.25, -0.2) is 4.79 Å². The van der Waals surface area contributed by atoms with E-state index in [2.05, 4.69) is 0 Å². The SMILES string of the molecule is O=C(O)c1cc(C(F)(F)F)cc2ccn(F)c12. The van der Waals surface area contributed by atoms with E-state index in [0.29, 0.717) is 12.1 Å². The number of halogens is 4. The van der Waals surface area contributed by atoms with Crippen LogP contribution in [0, 0.1) is 0 Å². The first-order valence-electron chi connectivity index (χ1n) is 4.42. The molecule has 17 heavy (non-hydrogen) atoms. The highest BCUT2D eigenvalue weighted by atomic mass is 19.4. The van der Waals surface area contributed by atoms with E-state index in [9.17, 15) is 22.4 Å². The average molecular weight is 247 g/mol. The largest absolute Gasteiger partial charge is 0.478 e. The van der Waals surface area contributed by atoms with Gasteiger partial charge in [-0.1, -0.05) is 4.48 Å². The number of nitrogens with zero attached hydrogens (tertiary/aromatic N) is 1. The van der Waals surface area contributed by atoms with Gasteiger partial charge >= 0.3 is 12.1 Å². The number of fused-ring (bicyclic) bond motifs is 1. The van der Waals surface area contributed by atoms with Crippen molar-refractivity contribution in [1.29, 1.82) is 0 Å². The van der Waals surface area contributed by atoms with Crippen LogP contribution in [0.25, 0.3) is 10.9 Å². The fourth-order valence-corrected chi connectivity index (χ4v) is 1.57. The molecule has 0 saturated heterocycles. The fraction of sp³-hybridized carbons (Fsp3) is 0.100. The molecule has 0 amide bonds. The van der Waals surface area contributed by atoms with Gasteiger partial charge in [-0.05, 0) is 18.2 Å². The molecule has 0 unspecified atom stereocenters. The van der Waals surface area contributed by atoms with Crippen LogP contribution >= 0.6 is 0 Å². The molecule has 1 aromatic heterocycles. The molecule has 2 aromatic rings. The highest BCUT2D eigenvalue weighted by Gasteiger charge is 2.32. The molecule has 0 bridgehead atoms. The maximum atomic E-state index is 13.2. The maximum Gasteiger partial charge on any atom is 0.416 e. The first-order valence-corrected chi connectivity index (χ1v) is 4.42. The lowest BCUT2D eigenvalue weighted by Gasteiger charge is -2.08. The predicted octanol–water partition coefficient (Wildman–Crippen LogP) is 3.09. The summed E-state index contributed by atoms with van der Waals surface area (Å²) < 4.78 is 50.6. The molecule has 0 fully saturated rings. The molecule has 0 aliphatic heterocycles. The van der Waals surface area contributed by atoms with E-state index < -0.39 is 23.3 Å². The van der Waals surface area contributed by atoms with Crippen molar-refractivity contribution in [3.8, 4) is 0 Å². The third-order valence-electron chi connectivity index (χ3n) is 2.30. The Morgan fingerprint density at radius 1 is 1.29 bits per heavy atom. The number of benzene rings is 1. The van der Waals surface area contributed by atoms with Gasteiger partial charge in [0, 0.05) is 11.6 Å². The fourth-order valence-electron chi connectivity index (χ4n) is 1.57. The summed E-state index contributed by atoms with van der Waals surface area (Å²) in [5.41, 5.74) is -2.22. The average Bonchev–Trinajstić information content (AvgIpc) is 2.58. The van der Waals surface area contributed by atoms with Gasteiger partial charge in [-0.2, -0.15) is 18.0 Å². The molecule has 2 rings (SSSR count). The Balaban J connectivity index is 2.83. The summed E-state index contributed by atoms with van der Waals surface area (Å²) >= 11 is 0. The highest BCUT2D eigenvalue weighted by molar-refractivity contribution is 6.02. The van der Waals surface area contributed by atoms with Gasteiger partial charge in [0.15, 0.2) is 0 Å². The molecule has 0 aliphatic rings. The Labute approximate surface area is 91.8 Å². The molecule has 1 N–H and O–H groups in total. The van der Waals surface area contributed by atoms with E-state index in [-0.39, 0.29) is 15.7 Å². The zero-order valence-corrected chi connectivity index (χ0v) is 8.12. The number of rotatable bonds is 1. The third kappa shape index (κ3) is 1.83. The minimum atomic E-state index is -4.67. The number of carboxylic acid groups (broad SMARTS) is 1. The number of hydrogen-bond donors (Lipinski definition) is 1. The lowest BCUT2D eigenvalue weighted by molar-refractivity contribution is -0.137. The van der Waals surface area contributed by atoms with Gasteiger partial charge in [0.1, 0.15) is 0 Å². The number of aromatic nitrogens is 1. The van der Waals surface area contributed by atoms with Crippen molar-refractivity contribution in [3.63, 3.8) is 0 Å². The number of hydrogen-bond acceptors (Lipinski definition) is 1. The van der Waals surface area contributed by atoms with E-state index in [0.717, 1.165) is 12.3 Å². The molecule has 1 aromatic carbocycles. The third-order valence-corrected chi connectivity index (χ3v) is 2.30. The van der Waals surface area contributed by atoms with E-state index in [4.69, 9.17) is 5.11 Å². The van der Waals surface area contributed by atoms with Crippen molar-refractivity contribution in [1.82, 2.24) is 4.79 Å². The second-order valence-electron chi connectivity index (χ2n) is 3.39. The minimum absolute atomic E-state index is 0.0149. The molecule has 0 aliphatic carbocycles. The molecule has 3 nitrogen and oxygen atoms in total. The summed E-state index contributed by atoms with van der Waals surface area (Å²) in [6, 6.07) is 2.20. The quantitative estimate of drug-likeness (QED) is 0.787. The van der Waals surface area contributed by atoms with Gasteiger partial charge < -0.3 is 5.11 Å². The number of carboxylic acids is 1. The summed E-state index contributed by atoms with van der Waals surface area (Å²) in [5.74, 6) is -1.61. The van der Waals surface area contributed by atoms with Crippen LogP contribution in [-0.4, -0.2) is 15.9 Å². The van der Waals surface area contributed by atoms with Crippen LogP contribution in [0.3, 0.4) is 0 Å². The molecule has 7 heteroatoms. The van der Waals surface area contributed by atoms with E-state index in [1.54, 1.807) is 0 Å². The van der Waals surface area contributed by atoms with Gasteiger partial charge in [0.05, 0.1) is 16.6 Å². The zero-order valence-electron chi connectivity index (χ0n) is 8.12. The number of alkyl halides is 3. The first-order chi connectivity index (χ1) is 7.80. The van der Waals surface area contributed by atoms with Gasteiger partial charge in [-0.3, -0.25) is 0 Å². The van der Waals surface area contributed by atoms with Crippen LogP contribution < -0.4 is 0 Å². The molecule has 0 atom stereocenters. The Morgan fingerprint density at radius 2 is 1.94 bits per heavy atom. The van der Waals surface area contributed by atoms with Crippen molar-refractivity contribution >= 4 is 16.9 Å². The van der Waals surface area contributed by atoms with Gasteiger partial charge in [-0.15, -0.1) is 0 Å². The Kier molecular flexibility index (Phi) is 2.34. The number of carbonyl (C=O) groups is 1. The van der Waals surface area contributed by atoms with Crippen LogP contribution in [0.1, 0.15) is 15.9 Å². The monoisotopic (exact) mass is 247 g/mol. The minimum Gasteiger partial charge on any atom is -0.478 e.